The molecule has 0 amide bonds. The van der Waals surface area contributed by atoms with Gasteiger partial charge in [0.15, 0.2) is 0 Å². The van der Waals surface area contributed by atoms with Crippen molar-refractivity contribution in [1.29, 1.82) is 0 Å². The SMILES string of the molecule is OCc1ccn(C(F)F)c1. The second-order valence-corrected chi connectivity index (χ2v) is 1.90. The minimum absolute atomic E-state index is 0.195. The zero-order chi connectivity index (χ0) is 7.56. The number of rotatable bonds is 2. The first-order chi connectivity index (χ1) is 4.74. The lowest BCUT2D eigenvalue weighted by Crippen LogP contribution is -1.92. The molecule has 0 aromatic carbocycles. The first-order valence-electron chi connectivity index (χ1n) is 2.79. The highest BCUT2D eigenvalue weighted by Crippen LogP contribution is 2.11. The molecule has 4 heteroatoms. The quantitative estimate of drug-likeness (QED) is 0.671. The van der Waals surface area contributed by atoms with Crippen molar-refractivity contribution in [2.75, 3.05) is 0 Å². The lowest BCUT2D eigenvalue weighted by atomic mass is 10.4. The molecule has 10 heavy (non-hydrogen) atoms. The molecule has 0 aliphatic heterocycles. The highest BCUT2D eigenvalue weighted by Gasteiger charge is 2.03. The minimum atomic E-state index is -2.51. The summed E-state index contributed by atoms with van der Waals surface area (Å²) in [5.41, 5.74) is 0.500. The van der Waals surface area contributed by atoms with Gasteiger partial charge in [-0.25, -0.2) is 0 Å². The fraction of sp³-hybridized carbons (Fsp3) is 0.333. The number of hydrogen-bond acceptors (Lipinski definition) is 1. The van der Waals surface area contributed by atoms with E-state index in [0.29, 0.717) is 5.56 Å². The Bertz CT molecular complexity index is 209. The summed E-state index contributed by atoms with van der Waals surface area (Å²) in [5.74, 6) is 0. The monoisotopic (exact) mass is 147 g/mol. The van der Waals surface area contributed by atoms with E-state index in [0.717, 1.165) is 4.57 Å². The van der Waals surface area contributed by atoms with E-state index in [9.17, 15) is 8.78 Å². The number of hydrogen-bond donors (Lipinski definition) is 1. The van der Waals surface area contributed by atoms with Crippen molar-refractivity contribution in [1.82, 2.24) is 4.57 Å². The van der Waals surface area contributed by atoms with Gasteiger partial charge in [0.25, 0.3) is 0 Å². The van der Waals surface area contributed by atoms with Crippen LogP contribution in [0.25, 0.3) is 0 Å². The average Bonchev–Trinajstić information content (AvgIpc) is 2.34. The lowest BCUT2D eigenvalue weighted by molar-refractivity contribution is 0.0704. The van der Waals surface area contributed by atoms with Crippen molar-refractivity contribution in [3.05, 3.63) is 24.0 Å². The maximum atomic E-state index is 11.8. The molecule has 0 unspecified atom stereocenters. The van der Waals surface area contributed by atoms with Crippen LogP contribution in [-0.2, 0) is 6.61 Å². The summed E-state index contributed by atoms with van der Waals surface area (Å²) >= 11 is 0. The fourth-order valence-corrected chi connectivity index (χ4v) is 0.674. The van der Waals surface area contributed by atoms with Crippen LogP contribution in [0.1, 0.15) is 12.1 Å². The Hall–Kier alpha value is -0.900. The molecule has 1 N–H and O–H groups in total. The standard InChI is InChI=1S/C6H7F2NO/c7-6(8)9-2-1-5(3-9)4-10/h1-3,6,10H,4H2. The van der Waals surface area contributed by atoms with Gasteiger partial charge in [0.1, 0.15) is 0 Å². The van der Waals surface area contributed by atoms with Crippen molar-refractivity contribution in [2.45, 2.75) is 13.2 Å². The predicted molar refractivity (Wildman–Crippen MR) is 31.6 cm³/mol. The molecule has 0 aliphatic carbocycles. The molecule has 0 radical (unpaired) electrons. The largest absolute Gasteiger partial charge is 0.392 e. The van der Waals surface area contributed by atoms with Crippen LogP contribution in [0, 0.1) is 0 Å². The summed E-state index contributed by atoms with van der Waals surface area (Å²) in [6.45, 7) is -2.71. The maximum absolute atomic E-state index is 11.8. The van der Waals surface area contributed by atoms with Gasteiger partial charge in [0, 0.05) is 12.4 Å². The second kappa shape index (κ2) is 2.79. The Morgan fingerprint density at radius 1 is 1.60 bits per heavy atom. The van der Waals surface area contributed by atoms with Crippen molar-refractivity contribution >= 4 is 0 Å². The predicted octanol–water partition coefficient (Wildman–Crippen LogP) is 1.38. The molecule has 2 nitrogen and oxygen atoms in total. The zero-order valence-electron chi connectivity index (χ0n) is 5.17. The zero-order valence-corrected chi connectivity index (χ0v) is 5.17. The summed E-state index contributed by atoms with van der Waals surface area (Å²) in [4.78, 5) is 0. The molecule has 1 heterocycles. The number of aromatic nitrogens is 1. The van der Waals surface area contributed by atoms with Crippen LogP contribution in [0.4, 0.5) is 8.78 Å². The van der Waals surface area contributed by atoms with Crippen LogP contribution in [-0.4, -0.2) is 9.67 Å². The van der Waals surface area contributed by atoms with Gasteiger partial charge in [0.05, 0.1) is 6.61 Å². The van der Waals surface area contributed by atoms with Gasteiger partial charge >= 0.3 is 6.55 Å². The molecule has 1 rings (SSSR count). The third-order valence-corrected chi connectivity index (χ3v) is 1.18. The number of nitrogens with zero attached hydrogens (tertiary/aromatic N) is 1. The van der Waals surface area contributed by atoms with E-state index in [1.54, 1.807) is 0 Å². The molecular formula is C6H7F2NO. The molecule has 0 bridgehead atoms. The van der Waals surface area contributed by atoms with Crippen molar-refractivity contribution < 1.29 is 13.9 Å². The molecule has 0 atom stereocenters. The Morgan fingerprint density at radius 3 is 2.60 bits per heavy atom. The Kier molecular flexibility index (Phi) is 2.01. The van der Waals surface area contributed by atoms with Crippen LogP contribution in [0.5, 0.6) is 0 Å². The Balaban J connectivity index is 2.78. The lowest BCUT2D eigenvalue weighted by Gasteiger charge is -1.96. The number of aliphatic hydroxyl groups is 1. The fourth-order valence-electron chi connectivity index (χ4n) is 0.674. The van der Waals surface area contributed by atoms with Gasteiger partial charge in [-0.3, -0.25) is 4.57 Å². The van der Waals surface area contributed by atoms with Crippen LogP contribution in [0.2, 0.25) is 0 Å². The van der Waals surface area contributed by atoms with Gasteiger partial charge in [-0.15, -0.1) is 0 Å². The van der Waals surface area contributed by atoms with E-state index in [-0.39, 0.29) is 6.61 Å². The van der Waals surface area contributed by atoms with E-state index < -0.39 is 6.55 Å². The van der Waals surface area contributed by atoms with E-state index in [1.807, 2.05) is 0 Å². The highest BCUT2D eigenvalue weighted by molar-refractivity contribution is 5.08. The summed E-state index contributed by atoms with van der Waals surface area (Å²) in [7, 11) is 0. The third-order valence-electron chi connectivity index (χ3n) is 1.18. The van der Waals surface area contributed by atoms with Crippen LogP contribution >= 0.6 is 0 Å². The first-order valence-corrected chi connectivity index (χ1v) is 2.79. The normalized spacial score (nSPS) is 10.8. The third kappa shape index (κ3) is 1.33. The summed E-state index contributed by atoms with van der Waals surface area (Å²) < 4.78 is 24.3. The molecule has 0 saturated carbocycles. The minimum Gasteiger partial charge on any atom is -0.392 e. The van der Waals surface area contributed by atoms with E-state index in [1.165, 1.54) is 18.5 Å². The van der Waals surface area contributed by atoms with Crippen molar-refractivity contribution in [2.24, 2.45) is 0 Å². The van der Waals surface area contributed by atoms with Gasteiger partial charge in [-0.05, 0) is 11.6 Å². The highest BCUT2D eigenvalue weighted by atomic mass is 19.3. The molecule has 0 saturated heterocycles. The van der Waals surface area contributed by atoms with Crippen LogP contribution in [0.3, 0.4) is 0 Å². The van der Waals surface area contributed by atoms with Gasteiger partial charge in [-0.2, -0.15) is 8.78 Å². The number of alkyl halides is 2. The second-order valence-electron chi connectivity index (χ2n) is 1.90. The van der Waals surface area contributed by atoms with Gasteiger partial charge < -0.3 is 5.11 Å². The molecule has 0 aliphatic rings. The summed E-state index contributed by atoms with van der Waals surface area (Å²) in [5, 5.41) is 8.47. The first kappa shape index (κ1) is 7.21. The molecular weight excluding hydrogens is 140 g/mol. The molecule has 1 aromatic heterocycles. The Labute approximate surface area is 56.7 Å². The van der Waals surface area contributed by atoms with Crippen molar-refractivity contribution in [3.8, 4) is 0 Å². The summed E-state index contributed by atoms with van der Waals surface area (Å²) in [6.07, 6.45) is 2.45. The number of aliphatic hydroxyl groups excluding tert-OH is 1. The van der Waals surface area contributed by atoms with Crippen molar-refractivity contribution in [3.63, 3.8) is 0 Å². The van der Waals surface area contributed by atoms with E-state index in [2.05, 4.69) is 0 Å². The number of halogens is 2. The van der Waals surface area contributed by atoms with E-state index in [4.69, 9.17) is 5.11 Å². The van der Waals surface area contributed by atoms with Gasteiger partial charge in [0.2, 0.25) is 0 Å². The molecule has 0 fully saturated rings. The summed E-state index contributed by atoms with van der Waals surface area (Å²) in [6, 6.07) is 1.45. The Morgan fingerprint density at radius 2 is 2.30 bits per heavy atom. The molecule has 56 valence electrons. The van der Waals surface area contributed by atoms with Crippen LogP contribution in [0.15, 0.2) is 18.5 Å². The van der Waals surface area contributed by atoms with Gasteiger partial charge in [-0.1, -0.05) is 0 Å². The maximum Gasteiger partial charge on any atom is 0.318 e. The van der Waals surface area contributed by atoms with Crippen LogP contribution < -0.4 is 0 Å². The average molecular weight is 147 g/mol. The van der Waals surface area contributed by atoms with E-state index >= 15 is 0 Å². The topological polar surface area (TPSA) is 25.2 Å². The molecule has 0 spiro atoms. The molecule has 1 aromatic rings. The smallest absolute Gasteiger partial charge is 0.318 e.